The van der Waals surface area contributed by atoms with E-state index in [1.807, 2.05) is 6.07 Å². The molecule has 21 heavy (non-hydrogen) atoms. The van der Waals surface area contributed by atoms with Crippen molar-refractivity contribution >= 4 is 21.8 Å². The maximum atomic E-state index is 12.0. The first-order chi connectivity index (χ1) is 10.1. The first kappa shape index (κ1) is 15.5. The van der Waals surface area contributed by atoms with Crippen molar-refractivity contribution in [3.63, 3.8) is 0 Å². The SMILES string of the molecule is COc1ccc(C(O)CNC(=O)c2ccccc2Br)cc1. The van der Waals surface area contributed by atoms with Gasteiger partial charge in [-0.1, -0.05) is 24.3 Å². The van der Waals surface area contributed by atoms with Crippen LogP contribution in [-0.2, 0) is 0 Å². The average molecular weight is 350 g/mol. The summed E-state index contributed by atoms with van der Waals surface area (Å²) in [6.45, 7) is 0.145. The van der Waals surface area contributed by atoms with Gasteiger partial charge < -0.3 is 15.2 Å². The Labute approximate surface area is 131 Å². The third-order valence-corrected chi connectivity index (χ3v) is 3.77. The number of aliphatic hydroxyl groups is 1. The van der Waals surface area contributed by atoms with E-state index in [4.69, 9.17) is 4.74 Å². The lowest BCUT2D eigenvalue weighted by Crippen LogP contribution is -2.28. The number of carbonyl (C=O) groups is 1. The van der Waals surface area contributed by atoms with E-state index in [0.29, 0.717) is 5.56 Å². The van der Waals surface area contributed by atoms with Crippen LogP contribution in [0.2, 0.25) is 0 Å². The molecule has 0 saturated heterocycles. The van der Waals surface area contributed by atoms with Gasteiger partial charge in [0.1, 0.15) is 5.75 Å². The van der Waals surface area contributed by atoms with Crippen molar-refractivity contribution < 1.29 is 14.6 Å². The number of ether oxygens (including phenoxy) is 1. The van der Waals surface area contributed by atoms with Gasteiger partial charge in [-0.2, -0.15) is 0 Å². The molecule has 2 N–H and O–H groups in total. The molecule has 110 valence electrons. The molecule has 0 aliphatic carbocycles. The highest BCUT2D eigenvalue weighted by Gasteiger charge is 2.12. The van der Waals surface area contributed by atoms with E-state index in [1.165, 1.54) is 0 Å². The molecule has 0 radical (unpaired) electrons. The highest BCUT2D eigenvalue weighted by Crippen LogP contribution is 2.18. The molecule has 0 aliphatic heterocycles. The Bertz CT molecular complexity index is 613. The van der Waals surface area contributed by atoms with Crippen molar-refractivity contribution in [3.05, 3.63) is 64.1 Å². The first-order valence-electron chi connectivity index (χ1n) is 6.46. The predicted octanol–water partition coefficient (Wildman–Crippen LogP) is 2.92. The number of rotatable bonds is 5. The lowest BCUT2D eigenvalue weighted by Gasteiger charge is -2.13. The van der Waals surface area contributed by atoms with E-state index >= 15 is 0 Å². The summed E-state index contributed by atoms with van der Waals surface area (Å²) in [5, 5.41) is 12.8. The molecule has 0 aromatic heterocycles. The molecular weight excluding hydrogens is 334 g/mol. The van der Waals surface area contributed by atoms with Crippen LogP contribution in [-0.4, -0.2) is 24.7 Å². The molecule has 2 aromatic carbocycles. The van der Waals surface area contributed by atoms with Crippen LogP contribution in [0.25, 0.3) is 0 Å². The van der Waals surface area contributed by atoms with Gasteiger partial charge in [0.2, 0.25) is 0 Å². The molecule has 1 unspecified atom stereocenters. The fourth-order valence-electron chi connectivity index (χ4n) is 1.87. The fourth-order valence-corrected chi connectivity index (χ4v) is 2.34. The Balaban J connectivity index is 1.95. The Kier molecular flexibility index (Phi) is 5.36. The van der Waals surface area contributed by atoms with E-state index in [0.717, 1.165) is 15.8 Å². The lowest BCUT2D eigenvalue weighted by atomic mass is 10.1. The standard InChI is InChI=1S/C16H16BrNO3/c1-21-12-8-6-11(7-9-12)15(19)10-18-16(20)13-4-2-3-5-14(13)17/h2-9,15,19H,10H2,1H3,(H,18,20). The van der Waals surface area contributed by atoms with Gasteiger partial charge in [0, 0.05) is 11.0 Å². The van der Waals surface area contributed by atoms with Gasteiger partial charge >= 0.3 is 0 Å². The van der Waals surface area contributed by atoms with Crippen LogP contribution in [0.5, 0.6) is 5.75 Å². The second kappa shape index (κ2) is 7.24. The second-order valence-corrected chi connectivity index (χ2v) is 5.33. The summed E-state index contributed by atoms with van der Waals surface area (Å²) in [6.07, 6.45) is -0.762. The Morgan fingerprint density at radius 1 is 1.24 bits per heavy atom. The zero-order valence-corrected chi connectivity index (χ0v) is 13.1. The topological polar surface area (TPSA) is 58.6 Å². The highest BCUT2D eigenvalue weighted by molar-refractivity contribution is 9.10. The quantitative estimate of drug-likeness (QED) is 0.872. The van der Waals surface area contributed by atoms with Crippen molar-refractivity contribution in [2.75, 3.05) is 13.7 Å². The van der Waals surface area contributed by atoms with Crippen LogP contribution >= 0.6 is 15.9 Å². The zero-order valence-electron chi connectivity index (χ0n) is 11.5. The van der Waals surface area contributed by atoms with Gasteiger partial charge in [0.25, 0.3) is 5.91 Å². The van der Waals surface area contributed by atoms with Crippen LogP contribution in [0, 0.1) is 0 Å². The van der Waals surface area contributed by atoms with Crippen molar-refractivity contribution in [1.82, 2.24) is 5.32 Å². The number of nitrogens with one attached hydrogen (secondary N) is 1. The molecule has 0 aliphatic rings. The van der Waals surface area contributed by atoms with Crippen molar-refractivity contribution in [1.29, 1.82) is 0 Å². The Morgan fingerprint density at radius 3 is 2.52 bits per heavy atom. The smallest absolute Gasteiger partial charge is 0.252 e. The Hall–Kier alpha value is -1.85. The molecule has 5 heteroatoms. The molecule has 1 amide bonds. The summed E-state index contributed by atoms with van der Waals surface area (Å²) in [5.41, 5.74) is 1.27. The van der Waals surface area contributed by atoms with Crippen LogP contribution in [0.4, 0.5) is 0 Å². The minimum Gasteiger partial charge on any atom is -0.497 e. The summed E-state index contributed by atoms with van der Waals surface area (Å²) in [7, 11) is 1.59. The molecule has 4 nitrogen and oxygen atoms in total. The van der Waals surface area contributed by atoms with Crippen LogP contribution in [0.3, 0.4) is 0 Å². The van der Waals surface area contributed by atoms with Crippen LogP contribution in [0.1, 0.15) is 22.0 Å². The van der Waals surface area contributed by atoms with Crippen LogP contribution < -0.4 is 10.1 Å². The third kappa shape index (κ3) is 4.06. The zero-order chi connectivity index (χ0) is 15.2. The van der Waals surface area contributed by atoms with Crippen molar-refractivity contribution in [3.8, 4) is 5.75 Å². The number of aliphatic hydroxyl groups excluding tert-OH is 1. The molecule has 1 atom stereocenters. The number of amides is 1. The molecule has 0 spiro atoms. The second-order valence-electron chi connectivity index (χ2n) is 4.48. The molecule has 0 heterocycles. The van der Waals surface area contributed by atoms with Crippen LogP contribution in [0.15, 0.2) is 53.0 Å². The summed E-state index contributed by atoms with van der Waals surface area (Å²) < 4.78 is 5.79. The molecule has 0 fully saturated rings. The predicted molar refractivity (Wildman–Crippen MR) is 84.4 cm³/mol. The minimum atomic E-state index is -0.762. The largest absolute Gasteiger partial charge is 0.497 e. The van der Waals surface area contributed by atoms with Crippen molar-refractivity contribution in [2.24, 2.45) is 0 Å². The van der Waals surface area contributed by atoms with Gasteiger partial charge in [-0.25, -0.2) is 0 Å². The third-order valence-electron chi connectivity index (χ3n) is 3.08. The van der Waals surface area contributed by atoms with E-state index < -0.39 is 6.10 Å². The van der Waals surface area contributed by atoms with E-state index in [1.54, 1.807) is 49.6 Å². The molecule has 0 bridgehead atoms. The summed E-state index contributed by atoms with van der Waals surface area (Å²) in [5.74, 6) is 0.498. The number of carbonyl (C=O) groups excluding carboxylic acids is 1. The van der Waals surface area contributed by atoms with Gasteiger partial charge in [0.15, 0.2) is 0 Å². The van der Waals surface area contributed by atoms with Gasteiger partial charge in [-0.15, -0.1) is 0 Å². The summed E-state index contributed by atoms with van der Waals surface area (Å²) >= 11 is 3.33. The van der Waals surface area contributed by atoms with Gasteiger partial charge in [-0.05, 0) is 45.8 Å². The molecular formula is C16H16BrNO3. The van der Waals surface area contributed by atoms with E-state index in [9.17, 15) is 9.90 Å². The maximum absolute atomic E-state index is 12.0. The van der Waals surface area contributed by atoms with Gasteiger partial charge in [-0.3, -0.25) is 4.79 Å². The fraction of sp³-hybridized carbons (Fsp3) is 0.188. The summed E-state index contributed by atoms with van der Waals surface area (Å²) in [6, 6.07) is 14.2. The number of hydrogen-bond donors (Lipinski definition) is 2. The molecule has 2 aromatic rings. The minimum absolute atomic E-state index is 0.145. The van der Waals surface area contributed by atoms with E-state index in [-0.39, 0.29) is 12.5 Å². The van der Waals surface area contributed by atoms with E-state index in [2.05, 4.69) is 21.2 Å². The number of methoxy groups -OCH3 is 1. The normalized spacial score (nSPS) is 11.8. The number of halogens is 1. The average Bonchev–Trinajstić information content (AvgIpc) is 2.52. The van der Waals surface area contributed by atoms with Crippen molar-refractivity contribution in [2.45, 2.75) is 6.10 Å². The first-order valence-corrected chi connectivity index (χ1v) is 7.26. The van der Waals surface area contributed by atoms with Gasteiger partial charge in [0.05, 0.1) is 18.8 Å². The number of hydrogen-bond acceptors (Lipinski definition) is 3. The lowest BCUT2D eigenvalue weighted by molar-refractivity contribution is 0.0915. The number of benzene rings is 2. The molecule has 0 saturated carbocycles. The maximum Gasteiger partial charge on any atom is 0.252 e. The monoisotopic (exact) mass is 349 g/mol. The summed E-state index contributed by atoms with van der Waals surface area (Å²) in [4.78, 5) is 12.0. The highest BCUT2D eigenvalue weighted by atomic mass is 79.9. The Morgan fingerprint density at radius 2 is 1.90 bits per heavy atom. The molecule has 2 rings (SSSR count).